The molecule has 7 heteroatoms. The van der Waals surface area contributed by atoms with E-state index in [2.05, 4.69) is 0 Å². The third kappa shape index (κ3) is 4.24. The summed E-state index contributed by atoms with van der Waals surface area (Å²) < 4.78 is 5.22. The molecular weight excluding hydrogens is 336 g/mol. The summed E-state index contributed by atoms with van der Waals surface area (Å²) in [6.45, 7) is 5.30. The van der Waals surface area contributed by atoms with Gasteiger partial charge in [0, 0.05) is 23.9 Å². The number of nitro groups is 1. The van der Waals surface area contributed by atoms with E-state index in [9.17, 15) is 19.7 Å². The summed E-state index contributed by atoms with van der Waals surface area (Å²) in [7, 11) is 0. The summed E-state index contributed by atoms with van der Waals surface area (Å²) in [5.41, 5.74) is 1.01. The summed E-state index contributed by atoms with van der Waals surface area (Å²) in [6.07, 6.45) is -1.02. The Balaban J connectivity index is 2.14. The molecule has 0 unspecified atom stereocenters. The van der Waals surface area contributed by atoms with E-state index < -0.39 is 17.0 Å². The first kappa shape index (κ1) is 19.1. The van der Waals surface area contributed by atoms with Crippen LogP contribution >= 0.6 is 0 Å². The molecule has 2 aromatic rings. The van der Waals surface area contributed by atoms with Crippen LogP contribution in [0.2, 0.25) is 0 Å². The lowest BCUT2D eigenvalue weighted by molar-refractivity contribution is -0.385. The first-order valence-corrected chi connectivity index (χ1v) is 8.17. The number of carbonyl (C=O) groups is 2. The van der Waals surface area contributed by atoms with Gasteiger partial charge >= 0.3 is 5.97 Å². The van der Waals surface area contributed by atoms with E-state index in [0.29, 0.717) is 17.8 Å². The average Bonchev–Trinajstić information content (AvgIpc) is 2.63. The zero-order valence-corrected chi connectivity index (χ0v) is 14.8. The zero-order valence-electron chi connectivity index (χ0n) is 14.8. The summed E-state index contributed by atoms with van der Waals surface area (Å²) in [6, 6.07) is 13.1. The number of nitro benzene ring substituents is 1. The van der Waals surface area contributed by atoms with Gasteiger partial charge in [0.1, 0.15) is 0 Å². The number of benzene rings is 2. The molecule has 2 rings (SSSR count). The van der Waals surface area contributed by atoms with Crippen LogP contribution in [0, 0.1) is 17.0 Å². The Bertz CT molecular complexity index is 820. The molecule has 7 nitrogen and oxygen atoms in total. The SMILES string of the molecule is CCN(C(=O)[C@H](C)OC(=O)c1ccc(C)c([N+](=O)[O-])c1)c1ccccc1. The average molecular weight is 356 g/mol. The highest BCUT2D eigenvalue weighted by molar-refractivity contribution is 5.99. The molecule has 0 bridgehead atoms. The Labute approximate surface area is 151 Å². The number of ether oxygens (including phenoxy) is 1. The topological polar surface area (TPSA) is 89.8 Å². The van der Waals surface area contributed by atoms with Gasteiger partial charge in [0.05, 0.1) is 10.5 Å². The molecule has 136 valence electrons. The van der Waals surface area contributed by atoms with Gasteiger partial charge in [0.15, 0.2) is 6.10 Å². The number of likely N-dealkylation sites (N-methyl/N-ethyl adjacent to an activating group) is 1. The smallest absolute Gasteiger partial charge is 0.339 e. The van der Waals surface area contributed by atoms with E-state index >= 15 is 0 Å². The Kier molecular flexibility index (Phi) is 6.06. The number of esters is 1. The van der Waals surface area contributed by atoms with Crippen molar-refractivity contribution in [2.45, 2.75) is 26.9 Å². The molecule has 0 aromatic heterocycles. The van der Waals surface area contributed by atoms with E-state index in [-0.39, 0.29) is 17.2 Å². The number of nitrogens with zero attached hydrogens (tertiary/aromatic N) is 2. The Hall–Kier alpha value is -3.22. The normalized spacial score (nSPS) is 11.5. The minimum atomic E-state index is -1.02. The number of hydrogen-bond donors (Lipinski definition) is 0. The van der Waals surface area contributed by atoms with Gasteiger partial charge in [-0.25, -0.2) is 4.79 Å². The Morgan fingerprint density at radius 3 is 2.42 bits per heavy atom. The maximum atomic E-state index is 12.6. The molecular formula is C19H20N2O5. The number of carbonyl (C=O) groups excluding carboxylic acids is 2. The molecule has 0 fully saturated rings. The van der Waals surface area contributed by atoms with Gasteiger partial charge in [-0.05, 0) is 39.0 Å². The van der Waals surface area contributed by atoms with Crippen molar-refractivity contribution in [1.29, 1.82) is 0 Å². The minimum Gasteiger partial charge on any atom is -0.449 e. The van der Waals surface area contributed by atoms with Crippen molar-refractivity contribution < 1.29 is 19.2 Å². The number of aryl methyl sites for hydroxylation is 1. The second-order valence-corrected chi connectivity index (χ2v) is 5.72. The number of anilines is 1. The summed E-state index contributed by atoms with van der Waals surface area (Å²) >= 11 is 0. The van der Waals surface area contributed by atoms with E-state index in [0.717, 1.165) is 6.07 Å². The number of rotatable bonds is 6. The second kappa shape index (κ2) is 8.24. The van der Waals surface area contributed by atoms with Crippen LogP contribution in [0.5, 0.6) is 0 Å². The van der Waals surface area contributed by atoms with Crippen molar-refractivity contribution in [1.82, 2.24) is 0 Å². The summed E-state index contributed by atoms with van der Waals surface area (Å²) in [5.74, 6) is -1.15. The predicted molar refractivity (Wildman–Crippen MR) is 97.2 cm³/mol. The summed E-state index contributed by atoms with van der Waals surface area (Å²) in [5, 5.41) is 11.0. The van der Waals surface area contributed by atoms with Crippen LogP contribution in [-0.4, -0.2) is 29.4 Å². The molecule has 0 radical (unpaired) electrons. The number of para-hydroxylation sites is 1. The highest BCUT2D eigenvalue weighted by atomic mass is 16.6. The molecule has 1 amide bonds. The van der Waals surface area contributed by atoms with Crippen molar-refractivity contribution in [2.24, 2.45) is 0 Å². The van der Waals surface area contributed by atoms with Crippen molar-refractivity contribution in [3.8, 4) is 0 Å². The molecule has 1 atom stereocenters. The minimum absolute atomic E-state index is 0.0321. The second-order valence-electron chi connectivity index (χ2n) is 5.72. The largest absolute Gasteiger partial charge is 0.449 e. The van der Waals surface area contributed by atoms with Crippen LogP contribution in [0.1, 0.15) is 29.8 Å². The molecule has 0 aliphatic heterocycles. The molecule has 0 heterocycles. The van der Waals surface area contributed by atoms with Crippen LogP contribution < -0.4 is 4.90 Å². The van der Waals surface area contributed by atoms with Gasteiger partial charge in [0.25, 0.3) is 11.6 Å². The molecule has 0 saturated carbocycles. The summed E-state index contributed by atoms with van der Waals surface area (Å²) in [4.78, 5) is 36.8. The van der Waals surface area contributed by atoms with Gasteiger partial charge in [-0.1, -0.05) is 24.3 Å². The van der Waals surface area contributed by atoms with Crippen molar-refractivity contribution in [2.75, 3.05) is 11.4 Å². The third-order valence-electron chi connectivity index (χ3n) is 3.92. The lowest BCUT2D eigenvalue weighted by Gasteiger charge is -2.24. The first-order valence-electron chi connectivity index (χ1n) is 8.17. The Morgan fingerprint density at radius 2 is 1.85 bits per heavy atom. The van der Waals surface area contributed by atoms with E-state index in [1.807, 2.05) is 25.1 Å². The van der Waals surface area contributed by atoms with E-state index in [1.54, 1.807) is 19.1 Å². The maximum Gasteiger partial charge on any atom is 0.339 e. The number of hydrogen-bond acceptors (Lipinski definition) is 5. The molecule has 0 spiro atoms. The van der Waals surface area contributed by atoms with Crippen molar-refractivity contribution in [3.63, 3.8) is 0 Å². The number of amides is 1. The van der Waals surface area contributed by atoms with Gasteiger partial charge in [0.2, 0.25) is 0 Å². The van der Waals surface area contributed by atoms with Gasteiger partial charge < -0.3 is 9.64 Å². The third-order valence-corrected chi connectivity index (χ3v) is 3.92. The van der Waals surface area contributed by atoms with E-state index in [1.165, 1.54) is 24.0 Å². The Morgan fingerprint density at radius 1 is 1.19 bits per heavy atom. The zero-order chi connectivity index (χ0) is 19.3. The molecule has 0 saturated heterocycles. The first-order chi connectivity index (χ1) is 12.3. The van der Waals surface area contributed by atoms with Gasteiger partial charge in [-0.15, -0.1) is 0 Å². The highest BCUT2D eigenvalue weighted by Crippen LogP contribution is 2.21. The molecule has 0 aliphatic carbocycles. The van der Waals surface area contributed by atoms with Crippen molar-refractivity contribution >= 4 is 23.3 Å². The van der Waals surface area contributed by atoms with Crippen LogP contribution in [0.25, 0.3) is 0 Å². The lowest BCUT2D eigenvalue weighted by atomic mass is 10.1. The van der Waals surface area contributed by atoms with Gasteiger partial charge in [-0.2, -0.15) is 0 Å². The fourth-order valence-corrected chi connectivity index (χ4v) is 2.51. The van der Waals surface area contributed by atoms with Crippen LogP contribution in [0.4, 0.5) is 11.4 Å². The quantitative estimate of drug-likeness (QED) is 0.449. The lowest BCUT2D eigenvalue weighted by Crippen LogP contribution is -2.40. The van der Waals surface area contributed by atoms with Crippen LogP contribution in [0.3, 0.4) is 0 Å². The van der Waals surface area contributed by atoms with Crippen LogP contribution in [0.15, 0.2) is 48.5 Å². The molecule has 0 N–H and O–H groups in total. The van der Waals surface area contributed by atoms with Gasteiger partial charge in [-0.3, -0.25) is 14.9 Å². The fraction of sp³-hybridized carbons (Fsp3) is 0.263. The molecule has 26 heavy (non-hydrogen) atoms. The molecule has 2 aromatic carbocycles. The highest BCUT2D eigenvalue weighted by Gasteiger charge is 2.25. The van der Waals surface area contributed by atoms with Crippen molar-refractivity contribution in [3.05, 3.63) is 69.8 Å². The fourth-order valence-electron chi connectivity index (χ4n) is 2.51. The maximum absolute atomic E-state index is 12.6. The monoisotopic (exact) mass is 356 g/mol. The standard InChI is InChI=1S/C19H20N2O5/c1-4-20(16-8-6-5-7-9-16)18(22)14(3)26-19(23)15-11-10-13(2)17(12-15)21(24)25/h5-12,14H,4H2,1-3H3/t14-/m0/s1. The van der Waals surface area contributed by atoms with Crippen LogP contribution in [-0.2, 0) is 9.53 Å². The predicted octanol–water partition coefficient (Wildman–Crippen LogP) is 3.50. The molecule has 0 aliphatic rings. The van der Waals surface area contributed by atoms with E-state index in [4.69, 9.17) is 4.74 Å².